The standard InChI is InChI=1S/C26H26N2O6S/c1-16-7-5-10-23(13-16)28-35(32,33)24-15-21(12-11-17(24)2)26(31)34-19(4)25(30)27-22-9-6-8-20(14-22)18(3)29/h5-15,19,28H,1-4H3,(H,27,30). The molecular formula is C26H26N2O6S. The molecule has 0 aliphatic carbocycles. The summed E-state index contributed by atoms with van der Waals surface area (Å²) in [7, 11) is -3.98. The molecule has 0 spiro atoms. The van der Waals surface area contributed by atoms with Crippen LogP contribution in [0.25, 0.3) is 0 Å². The van der Waals surface area contributed by atoms with Crippen LogP contribution in [0.2, 0.25) is 0 Å². The first-order chi connectivity index (χ1) is 16.5. The predicted octanol–water partition coefficient (Wildman–Crippen LogP) is 4.49. The van der Waals surface area contributed by atoms with E-state index in [0.717, 1.165) is 5.56 Å². The maximum absolute atomic E-state index is 13.0. The summed E-state index contributed by atoms with van der Waals surface area (Å²) in [6.07, 6.45) is -1.17. The van der Waals surface area contributed by atoms with Gasteiger partial charge < -0.3 is 10.1 Å². The first-order valence-corrected chi connectivity index (χ1v) is 12.3. The summed E-state index contributed by atoms with van der Waals surface area (Å²) < 4.78 is 33.7. The van der Waals surface area contributed by atoms with Crippen molar-refractivity contribution in [1.29, 1.82) is 0 Å². The monoisotopic (exact) mass is 494 g/mol. The molecule has 0 aliphatic heterocycles. The Morgan fingerprint density at radius 2 is 1.54 bits per heavy atom. The number of ketones is 1. The highest BCUT2D eigenvalue weighted by Crippen LogP contribution is 2.22. The Hall–Kier alpha value is -3.98. The average Bonchev–Trinajstić information content (AvgIpc) is 2.79. The molecule has 0 aromatic heterocycles. The number of esters is 1. The smallest absolute Gasteiger partial charge is 0.338 e. The predicted molar refractivity (Wildman–Crippen MR) is 133 cm³/mol. The highest BCUT2D eigenvalue weighted by Gasteiger charge is 2.23. The largest absolute Gasteiger partial charge is 0.449 e. The lowest BCUT2D eigenvalue weighted by Crippen LogP contribution is -2.30. The van der Waals surface area contributed by atoms with E-state index in [1.54, 1.807) is 43.3 Å². The number of carbonyl (C=O) groups excluding carboxylic acids is 3. The number of sulfonamides is 1. The molecule has 0 fully saturated rings. The van der Waals surface area contributed by atoms with Gasteiger partial charge >= 0.3 is 5.97 Å². The molecule has 0 radical (unpaired) electrons. The van der Waals surface area contributed by atoms with Crippen LogP contribution in [0.5, 0.6) is 0 Å². The number of ether oxygens (including phenoxy) is 1. The van der Waals surface area contributed by atoms with Crippen molar-refractivity contribution in [2.24, 2.45) is 0 Å². The maximum atomic E-state index is 13.0. The van der Waals surface area contributed by atoms with Gasteiger partial charge in [0.05, 0.1) is 10.5 Å². The van der Waals surface area contributed by atoms with Crippen LogP contribution in [0.1, 0.15) is 45.7 Å². The van der Waals surface area contributed by atoms with E-state index in [2.05, 4.69) is 10.0 Å². The minimum atomic E-state index is -3.98. The number of nitrogens with one attached hydrogen (secondary N) is 2. The van der Waals surface area contributed by atoms with Gasteiger partial charge in [0, 0.05) is 16.9 Å². The number of amides is 1. The highest BCUT2D eigenvalue weighted by molar-refractivity contribution is 7.92. The molecule has 0 bridgehead atoms. The van der Waals surface area contributed by atoms with Crippen LogP contribution in [0.15, 0.2) is 71.6 Å². The summed E-state index contributed by atoms with van der Waals surface area (Å²) >= 11 is 0. The molecule has 3 aromatic rings. The lowest BCUT2D eigenvalue weighted by Gasteiger charge is -2.15. The Morgan fingerprint density at radius 3 is 2.23 bits per heavy atom. The van der Waals surface area contributed by atoms with Crippen molar-refractivity contribution in [3.8, 4) is 0 Å². The molecule has 9 heteroatoms. The normalized spacial score (nSPS) is 11.9. The van der Waals surface area contributed by atoms with Crippen LogP contribution in [-0.4, -0.2) is 32.2 Å². The van der Waals surface area contributed by atoms with E-state index in [1.165, 1.54) is 38.1 Å². The summed E-state index contributed by atoms with van der Waals surface area (Å²) in [5, 5.41) is 2.60. The molecule has 0 saturated carbocycles. The Morgan fingerprint density at radius 1 is 0.857 bits per heavy atom. The number of Topliss-reactive ketones (excluding diaryl/α,β-unsaturated/α-hetero) is 1. The van der Waals surface area contributed by atoms with Gasteiger partial charge in [-0.25, -0.2) is 13.2 Å². The molecule has 3 rings (SSSR count). The molecule has 0 heterocycles. The zero-order chi connectivity index (χ0) is 25.8. The molecule has 0 saturated heterocycles. The van der Waals surface area contributed by atoms with E-state index in [1.807, 2.05) is 13.0 Å². The van der Waals surface area contributed by atoms with Crippen LogP contribution in [0, 0.1) is 13.8 Å². The lowest BCUT2D eigenvalue weighted by atomic mass is 10.1. The number of rotatable bonds is 8. The fraction of sp³-hybridized carbons (Fsp3) is 0.192. The summed E-state index contributed by atoms with van der Waals surface area (Å²) in [5.74, 6) is -1.60. The van der Waals surface area contributed by atoms with Crippen LogP contribution < -0.4 is 10.0 Å². The second-order valence-electron chi connectivity index (χ2n) is 8.13. The third-order valence-electron chi connectivity index (χ3n) is 5.17. The van der Waals surface area contributed by atoms with Crippen LogP contribution in [0.3, 0.4) is 0 Å². The maximum Gasteiger partial charge on any atom is 0.338 e. The fourth-order valence-corrected chi connectivity index (χ4v) is 4.60. The molecule has 2 N–H and O–H groups in total. The molecule has 1 unspecified atom stereocenters. The number of benzene rings is 3. The van der Waals surface area contributed by atoms with Crippen LogP contribution >= 0.6 is 0 Å². The van der Waals surface area contributed by atoms with Gasteiger partial charge in [0.25, 0.3) is 15.9 Å². The van der Waals surface area contributed by atoms with E-state index >= 15 is 0 Å². The van der Waals surface area contributed by atoms with Crippen molar-refractivity contribution in [2.75, 3.05) is 10.0 Å². The van der Waals surface area contributed by atoms with Crippen LogP contribution in [0.4, 0.5) is 11.4 Å². The molecule has 182 valence electrons. The fourth-order valence-electron chi connectivity index (χ4n) is 3.28. The number of hydrogen-bond donors (Lipinski definition) is 2. The van der Waals surface area contributed by atoms with Gasteiger partial charge in [0.2, 0.25) is 0 Å². The van der Waals surface area contributed by atoms with Gasteiger partial charge in [0.1, 0.15) is 0 Å². The van der Waals surface area contributed by atoms with E-state index in [9.17, 15) is 22.8 Å². The highest BCUT2D eigenvalue weighted by atomic mass is 32.2. The van der Waals surface area contributed by atoms with Gasteiger partial charge in [-0.1, -0.05) is 30.3 Å². The van der Waals surface area contributed by atoms with E-state index in [4.69, 9.17) is 4.74 Å². The van der Waals surface area contributed by atoms with Crippen molar-refractivity contribution >= 4 is 39.1 Å². The SMILES string of the molecule is CC(=O)c1cccc(NC(=O)C(C)OC(=O)c2ccc(C)c(S(=O)(=O)Nc3cccc(C)c3)c2)c1. The van der Waals surface area contributed by atoms with Crippen molar-refractivity contribution < 1.29 is 27.5 Å². The van der Waals surface area contributed by atoms with Gasteiger partial charge in [0.15, 0.2) is 11.9 Å². The third-order valence-corrected chi connectivity index (χ3v) is 6.70. The first kappa shape index (κ1) is 25.6. The first-order valence-electron chi connectivity index (χ1n) is 10.8. The molecule has 35 heavy (non-hydrogen) atoms. The topological polar surface area (TPSA) is 119 Å². The Bertz CT molecular complexity index is 1400. The number of anilines is 2. The Kier molecular flexibility index (Phi) is 7.71. The second kappa shape index (κ2) is 10.5. The molecule has 8 nitrogen and oxygen atoms in total. The molecule has 0 aliphatic rings. The summed E-state index contributed by atoms with van der Waals surface area (Å²) in [4.78, 5) is 36.6. The molecule has 3 aromatic carbocycles. The Labute approximate surface area is 204 Å². The van der Waals surface area contributed by atoms with Gasteiger partial charge in [-0.05, 0) is 75.2 Å². The zero-order valence-electron chi connectivity index (χ0n) is 19.8. The summed E-state index contributed by atoms with van der Waals surface area (Å²) in [6, 6.07) is 17.4. The van der Waals surface area contributed by atoms with Gasteiger partial charge in [-0.15, -0.1) is 0 Å². The van der Waals surface area contributed by atoms with E-state index in [0.29, 0.717) is 22.5 Å². The summed E-state index contributed by atoms with van der Waals surface area (Å²) in [6.45, 7) is 6.27. The van der Waals surface area contributed by atoms with Crippen molar-refractivity contribution in [1.82, 2.24) is 0 Å². The van der Waals surface area contributed by atoms with E-state index in [-0.39, 0.29) is 16.2 Å². The summed E-state index contributed by atoms with van der Waals surface area (Å²) in [5.41, 5.74) is 2.53. The molecule has 1 amide bonds. The Balaban J connectivity index is 1.74. The second-order valence-corrected chi connectivity index (χ2v) is 9.78. The van der Waals surface area contributed by atoms with Crippen molar-refractivity contribution in [3.05, 3.63) is 89.0 Å². The number of hydrogen-bond acceptors (Lipinski definition) is 6. The van der Waals surface area contributed by atoms with Gasteiger partial charge in [-0.2, -0.15) is 0 Å². The lowest BCUT2D eigenvalue weighted by molar-refractivity contribution is -0.123. The van der Waals surface area contributed by atoms with E-state index < -0.39 is 28.0 Å². The van der Waals surface area contributed by atoms with Gasteiger partial charge in [-0.3, -0.25) is 14.3 Å². The van der Waals surface area contributed by atoms with Crippen molar-refractivity contribution in [3.63, 3.8) is 0 Å². The number of carbonyl (C=O) groups is 3. The molecule has 1 atom stereocenters. The average molecular weight is 495 g/mol. The van der Waals surface area contributed by atoms with Crippen molar-refractivity contribution in [2.45, 2.75) is 38.7 Å². The number of aryl methyl sites for hydroxylation is 2. The quantitative estimate of drug-likeness (QED) is 0.352. The zero-order valence-corrected chi connectivity index (χ0v) is 20.6. The minimum Gasteiger partial charge on any atom is -0.449 e. The molecular weight excluding hydrogens is 468 g/mol. The third kappa shape index (κ3) is 6.54. The van der Waals surface area contributed by atoms with Crippen LogP contribution in [-0.2, 0) is 19.6 Å². The minimum absolute atomic E-state index is 0.0153.